The van der Waals surface area contributed by atoms with Gasteiger partial charge in [0.2, 0.25) is 0 Å². The summed E-state index contributed by atoms with van der Waals surface area (Å²) in [5.41, 5.74) is 2.75. The summed E-state index contributed by atoms with van der Waals surface area (Å²) < 4.78 is 28.2. The van der Waals surface area contributed by atoms with Crippen LogP contribution >= 0.6 is 38.6 Å². The monoisotopic (exact) mass is 543 g/mol. The topological polar surface area (TPSA) is 108 Å². The standard InChI is InChI=1S/C21H14BrN5O2S3/c22-16-3-1-2-14(10-16)19-13-31-20(26-19)15(11-23)12-25-17-4-6-18(7-5-17)32(28,29)27-21-24-8-9-30-21/h1-10,12-13,25H,(H,24,27). The maximum absolute atomic E-state index is 12.4. The molecule has 4 aromatic rings. The van der Waals surface area contributed by atoms with Gasteiger partial charge in [-0.1, -0.05) is 28.1 Å². The van der Waals surface area contributed by atoms with Crippen molar-refractivity contribution in [2.75, 3.05) is 10.0 Å². The number of hydrogen-bond acceptors (Lipinski definition) is 8. The van der Waals surface area contributed by atoms with Gasteiger partial charge in [0, 0.05) is 38.9 Å². The van der Waals surface area contributed by atoms with Crippen LogP contribution in [0.3, 0.4) is 0 Å². The molecule has 0 amide bonds. The molecular weight excluding hydrogens is 530 g/mol. The van der Waals surface area contributed by atoms with Crippen molar-refractivity contribution in [3.63, 3.8) is 0 Å². The van der Waals surface area contributed by atoms with Crippen molar-refractivity contribution in [1.29, 1.82) is 5.26 Å². The highest BCUT2D eigenvalue weighted by Crippen LogP contribution is 2.28. The van der Waals surface area contributed by atoms with Crippen LogP contribution < -0.4 is 10.0 Å². The van der Waals surface area contributed by atoms with Crippen LogP contribution in [0.1, 0.15) is 5.01 Å². The molecule has 0 aliphatic carbocycles. The highest BCUT2D eigenvalue weighted by Gasteiger charge is 2.15. The molecule has 2 aromatic carbocycles. The number of benzene rings is 2. The summed E-state index contributed by atoms with van der Waals surface area (Å²) in [5.74, 6) is 0. The van der Waals surface area contributed by atoms with Crippen LogP contribution in [0.5, 0.6) is 0 Å². The van der Waals surface area contributed by atoms with Gasteiger partial charge in [-0.15, -0.1) is 22.7 Å². The first kappa shape index (κ1) is 22.2. The van der Waals surface area contributed by atoms with E-state index in [2.05, 4.69) is 42.0 Å². The van der Waals surface area contributed by atoms with Crippen molar-refractivity contribution in [1.82, 2.24) is 9.97 Å². The maximum Gasteiger partial charge on any atom is 0.263 e. The highest BCUT2D eigenvalue weighted by molar-refractivity contribution is 9.10. The van der Waals surface area contributed by atoms with E-state index in [4.69, 9.17) is 0 Å². The van der Waals surface area contributed by atoms with E-state index < -0.39 is 10.0 Å². The molecular formula is C21H14BrN5O2S3. The van der Waals surface area contributed by atoms with Crippen LogP contribution in [0.4, 0.5) is 10.8 Å². The Kier molecular flexibility index (Phi) is 6.66. The summed E-state index contributed by atoms with van der Waals surface area (Å²) in [7, 11) is -3.71. The molecule has 11 heteroatoms. The molecule has 0 spiro atoms. The molecule has 0 saturated carbocycles. The predicted molar refractivity (Wildman–Crippen MR) is 132 cm³/mol. The van der Waals surface area contributed by atoms with Crippen LogP contribution in [0.15, 0.2) is 81.1 Å². The smallest absolute Gasteiger partial charge is 0.263 e. The van der Waals surface area contributed by atoms with Crippen LogP contribution in [-0.4, -0.2) is 18.4 Å². The summed E-state index contributed by atoms with van der Waals surface area (Å²) in [6.07, 6.45) is 3.08. The number of nitrogens with one attached hydrogen (secondary N) is 2. The van der Waals surface area contributed by atoms with Crippen molar-refractivity contribution < 1.29 is 8.42 Å². The van der Waals surface area contributed by atoms with Crippen molar-refractivity contribution >= 4 is 65.0 Å². The molecule has 0 bridgehead atoms. The van der Waals surface area contributed by atoms with Crippen LogP contribution in [0, 0.1) is 11.3 Å². The van der Waals surface area contributed by atoms with Gasteiger partial charge in [0.15, 0.2) is 5.13 Å². The van der Waals surface area contributed by atoms with Gasteiger partial charge in [-0.25, -0.2) is 18.4 Å². The van der Waals surface area contributed by atoms with Crippen LogP contribution in [-0.2, 0) is 10.0 Å². The van der Waals surface area contributed by atoms with E-state index in [1.54, 1.807) is 23.7 Å². The van der Waals surface area contributed by atoms with Gasteiger partial charge < -0.3 is 5.32 Å². The molecule has 0 saturated heterocycles. The number of hydrogen-bond donors (Lipinski definition) is 2. The van der Waals surface area contributed by atoms with Gasteiger partial charge in [-0.05, 0) is 36.4 Å². The molecule has 0 unspecified atom stereocenters. The zero-order chi connectivity index (χ0) is 22.6. The second kappa shape index (κ2) is 9.62. The number of anilines is 2. The molecule has 4 rings (SSSR count). The number of nitriles is 1. The number of thiazole rings is 2. The largest absolute Gasteiger partial charge is 0.360 e. The fourth-order valence-electron chi connectivity index (χ4n) is 2.65. The minimum Gasteiger partial charge on any atom is -0.360 e. The average molecular weight is 544 g/mol. The number of halogens is 1. The van der Waals surface area contributed by atoms with E-state index in [9.17, 15) is 13.7 Å². The summed E-state index contributed by atoms with van der Waals surface area (Å²) in [6.45, 7) is 0. The third-order valence-electron chi connectivity index (χ3n) is 4.18. The first-order chi connectivity index (χ1) is 15.4. The van der Waals surface area contributed by atoms with Gasteiger partial charge in [-0.3, -0.25) is 4.72 Å². The zero-order valence-electron chi connectivity index (χ0n) is 16.2. The van der Waals surface area contributed by atoms with Gasteiger partial charge in [-0.2, -0.15) is 5.26 Å². The molecule has 0 radical (unpaired) electrons. The lowest BCUT2D eigenvalue weighted by molar-refractivity contribution is 0.601. The summed E-state index contributed by atoms with van der Waals surface area (Å²) >= 11 is 6.03. The van der Waals surface area contributed by atoms with E-state index in [0.29, 0.717) is 21.4 Å². The van der Waals surface area contributed by atoms with E-state index in [1.807, 2.05) is 29.6 Å². The molecule has 2 heterocycles. The maximum atomic E-state index is 12.4. The molecule has 0 fully saturated rings. The lowest BCUT2D eigenvalue weighted by Gasteiger charge is -2.06. The SMILES string of the molecule is N#CC(=CNc1ccc(S(=O)(=O)Nc2nccs2)cc1)c1nc(-c2cccc(Br)c2)cs1. The molecule has 160 valence electrons. The minimum absolute atomic E-state index is 0.112. The molecule has 2 aromatic heterocycles. The quantitative estimate of drug-likeness (QED) is 0.285. The minimum atomic E-state index is -3.71. The molecule has 2 N–H and O–H groups in total. The molecule has 0 aliphatic rings. The fraction of sp³-hybridized carbons (Fsp3) is 0. The van der Waals surface area contributed by atoms with Crippen molar-refractivity contribution in [2.24, 2.45) is 0 Å². The summed E-state index contributed by atoms with van der Waals surface area (Å²) in [5, 5.41) is 17.1. The molecule has 0 aliphatic heterocycles. The Labute approximate surface area is 201 Å². The molecule has 32 heavy (non-hydrogen) atoms. The van der Waals surface area contributed by atoms with Crippen molar-refractivity contribution in [2.45, 2.75) is 4.90 Å². The summed E-state index contributed by atoms with van der Waals surface area (Å²) in [6, 6.07) is 16.1. The number of nitrogens with zero attached hydrogens (tertiary/aromatic N) is 3. The average Bonchev–Trinajstić information content (AvgIpc) is 3.47. The number of allylic oxidation sites excluding steroid dienone is 1. The highest BCUT2D eigenvalue weighted by atomic mass is 79.9. The molecule has 7 nitrogen and oxygen atoms in total. The second-order valence-electron chi connectivity index (χ2n) is 6.33. The Morgan fingerprint density at radius 1 is 1.16 bits per heavy atom. The fourth-order valence-corrected chi connectivity index (χ4v) is 5.64. The van der Waals surface area contributed by atoms with Crippen molar-refractivity contribution in [3.05, 3.63) is 81.2 Å². The number of rotatable bonds is 7. The van der Waals surface area contributed by atoms with E-state index in [1.165, 1.54) is 41.0 Å². The Balaban J connectivity index is 1.48. The Hall–Kier alpha value is -3.04. The zero-order valence-corrected chi connectivity index (χ0v) is 20.2. The first-order valence-electron chi connectivity index (χ1n) is 9.05. The lowest BCUT2D eigenvalue weighted by atomic mass is 10.2. The summed E-state index contributed by atoms with van der Waals surface area (Å²) in [4.78, 5) is 8.60. The van der Waals surface area contributed by atoms with Gasteiger partial charge in [0.25, 0.3) is 10.0 Å². The Morgan fingerprint density at radius 3 is 2.66 bits per heavy atom. The third kappa shape index (κ3) is 5.23. The van der Waals surface area contributed by atoms with E-state index >= 15 is 0 Å². The molecule has 0 atom stereocenters. The first-order valence-corrected chi connectivity index (χ1v) is 13.1. The predicted octanol–water partition coefficient (Wildman–Crippen LogP) is 5.81. The Bertz CT molecular complexity index is 1410. The third-order valence-corrected chi connectivity index (χ3v) is 7.72. The Morgan fingerprint density at radius 2 is 1.97 bits per heavy atom. The van der Waals surface area contributed by atoms with E-state index in [0.717, 1.165) is 15.7 Å². The lowest BCUT2D eigenvalue weighted by Crippen LogP contribution is -2.12. The van der Waals surface area contributed by atoms with Gasteiger partial charge in [0.05, 0.1) is 10.6 Å². The second-order valence-corrected chi connectivity index (χ2v) is 10.7. The number of aromatic nitrogens is 2. The normalized spacial score (nSPS) is 11.7. The van der Waals surface area contributed by atoms with Crippen molar-refractivity contribution in [3.8, 4) is 17.3 Å². The van der Waals surface area contributed by atoms with E-state index in [-0.39, 0.29) is 4.90 Å². The van der Waals surface area contributed by atoms with Crippen LogP contribution in [0.25, 0.3) is 16.8 Å². The van der Waals surface area contributed by atoms with Crippen LogP contribution in [0.2, 0.25) is 0 Å². The van der Waals surface area contributed by atoms with Gasteiger partial charge >= 0.3 is 0 Å². The number of sulfonamides is 1. The van der Waals surface area contributed by atoms with Gasteiger partial charge in [0.1, 0.15) is 16.6 Å².